The van der Waals surface area contributed by atoms with Crippen LogP contribution in [0.15, 0.2) is 23.1 Å². The van der Waals surface area contributed by atoms with E-state index in [1.54, 1.807) is 0 Å². The van der Waals surface area contributed by atoms with Gasteiger partial charge >= 0.3 is 0 Å². The van der Waals surface area contributed by atoms with E-state index >= 15 is 0 Å². The van der Waals surface area contributed by atoms with E-state index in [1.807, 2.05) is 13.8 Å². The summed E-state index contributed by atoms with van der Waals surface area (Å²) in [5.74, 6) is -1.68. The van der Waals surface area contributed by atoms with E-state index in [9.17, 15) is 17.2 Å². The fourth-order valence-electron chi connectivity index (χ4n) is 2.55. The van der Waals surface area contributed by atoms with Gasteiger partial charge in [0.05, 0.1) is 0 Å². The van der Waals surface area contributed by atoms with Crippen molar-refractivity contribution < 1.29 is 17.2 Å². The lowest BCUT2D eigenvalue weighted by Crippen LogP contribution is -2.57. The van der Waals surface area contributed by atoms with Crippen molar-refractivity contribution in [1.29, 1.82) is 0 Å². The molecule has 1 aliphatic heterocycles. The third kappa shape index (κ3) is 3.25. The van der Waals surface area contributed by atoms with Gasteiger partial charge in [0, 0.05) is 25.2 Å². The number of nitrogens with one attached hydrogen (secondary N) is 1. The van der Waals surface area contributed by atoms with Crippen LogP contribution in [0.2, 0.25) is 0 Å². The second kappa shape index (κ2) is 6.37. The van der Waals surface area contributed by atoms with Crippen LogP contribution in [0.25, 0.3) is 0 Å². The van der Waals surface area contributed by atoms with Crippen LogP contribution in [0, 0.1) is 11.6 Å². The van der Waals surface area contributed by atoms with Gasteiger partial charge in [-0.3, -0.25) is 0 Å². The molecule has 1 heterocycles. The monoisotopic (exact) mass is 318 g/mol. The Morgan fingerprint density at radius 2 is 2.00 bits per heavy atom. The molecule has 2 unspecified atom stereocenters. The number of benzene rings is 1. The van der Waals surface area contributed by atoms with E-state index in [2.05, 4.69) is 5.32 Å². The van der Waals surface area contributed by atoms with Crippen LogP contribution < -0.4 is 5.32 Å². The molecule has 1 saturated heterocycles. The Bertz CT molecular complexity index is 607. The molecule has 0 aliphatic carbocycles. The third-order valence-corrected chi connectivity index (χ3v) is 5.83. The first-order chi connectivity index (χ1) is 9.90. The van der Waals surface area contributed by atoms with Crippen LogP contribution in [-0.2, 0) is 10.0 Å². The molecule has 1 fully saturated rings. The minimum Gasteiger partial charge on any atom is -0.311 e. The first kappa shape index (κ1) is 16.3. The second-order valence-corrected chi connectivity index (χ2v) is 7.08. The van der Waals surface area contributed by atoms with E-state index in [1.165, 1.54) is 4.31 Å². The molecule has 1 aromatic rings. The SMILES string of the molecule is CCC1CN(S(=O)(=O)c2cc(F)ccc2F)C(CC)CN1. The fourth-order valence-corrected chi connectivity index (χ4v) is 4.37. The number of halogens is 2. The largest absolute Gasteiger partial charge is 0.311 e. The fraction of sp³-hybridized carbons (Fsp3) is 0.571. The van der Waals surface area contributed by atoms with E-state index in [0.29, 0.717) is 13.0 Å². The lowest BCUT2D eigenvalue weighted by atomic mass is 10.1. The van der Waals surface area contributed by atoms with Crippen LogP contribution in [0.3, 0.4) is 0 Å². The van der Waals surface area contributed by atoms with Gasteiger partial charge in [0.2, 0.25) is 10.0 Å². The summed E-state index contributed by atoms with van der Waals surface area (Å²) in [6, 6.07) is 2.29. The van der Waals surface area contributed by atoms with Crippen LogP contribution >= 0.6 is 0 Å². The molecular formula is C14H20F2N2O2S. The molecule has 2 atom stereocenters. The van der Waals surface area contributed by atoms with Crippen molar-refractivity contribution in [1.82, 2.24) is 9.62 Å². The second-order valence-electron chi connectivity index (χ2n) is 5.22. The summed E-state index contributed by atoms with van der Waals surface area (Å²) in [5, 5.41) is 3.28. The van der Waals surface area contributed by atoms with Gasteiger partial charge in [-0.05, 0) is 31.0 Å². The maximum atomic E-state index is 13.8. The van der Waals surface area contributed by atoms with Crippen molar-refractivity contribution in [3.63, 3.8) is 0 Å². The van der Waals surface area contributed by atoms with Gasteiger partial charge in [0.1, 0.15) is 16.5 Å². The quantitative estimate of drug-likeness (QED) is 0.925. The molecule has 0 bridgehead atoms. The standard InChI is InChI=1S/C14H20F2N2O2S/c1-3-11-9-18(12(4-2)8-17-11)21(19,20)14-7-10(15)5-6-13(14)16/h5-7,11-12,17H,3-4,8-9H2,1-2H3. The lowest BCUT2D eigenvalue weighted by Gasteiger charge is -2.38. The topological polar surface area (TPSA) is 49.4 Å². The summed E-state index contributed by atoms with van der Waals surface area (Å²) in [6.07, 6.45) is 1.38. The Kier molecular flexibility index (Phi) is 4.95. The lowest BCUT2D eigenvalue weighted by molar-refractivity contribution is 0.215. The van der Waals surface area contributed by atoms with Gasteiger partial charge in [-0.2, -0.15) is 4.31 Å². The van der Waals surface area contributed by atoms with Crippen molar-refractivity contribution in [2.45, 2.75) is 43.7 Å². The maximum absolute atomic E-state index is 13.8. The van der Waals surface area contributed by atoms with Crippen molar-refractivity contribution in [3.05, 3.63) is 29.8 Å². The van der Waals surface area contributed by atoms with Crippen LogP contribution in [0.1, 0.15) is 26.7 Å². The minimum absolute atomic E-state index is 0.0270. The Morgan fingerprint density at radius 3 is 2.62 bits per heavy atom. The highest BCUT2D eigenvalue weighted by molar-refractivity contribution is 7.89. The highest BCUT2D eigenvalue weighted by atomic mass is 32.2. The highest BCUT2D eigenvalue weighted by Gasteiger charge is 2.37. The molecular weight excluding hydrogens is 298 g/mol. The number of sulfonamides is 1. The number of piperazine rings is 1. The molecule has 0 spiro atoms. The zero-order valence-corrected chi connectivity index (χ0v) is 13.0. The Labute approximate surface area is 124 Å². The summed E-state index contributed by atoms with van der Waals surface area (Å²) < 4.78 is 53.8. The van der Waals surface area contributed by atoms with E-state index in [4.69, 9.17) is 0 Å². The third-order valence-electron chi connectivity index (χ3n) is 3.89. The molecule has 0 aromatic heterocycles. The maximum Gasteiger partial charge on any atom is 0.246 e. The molecule has 21 heavy (non-hydrogen) atoms. The first-order valence-corrected chi connectivity index (χ1v) is 8.54. The van der Waals surface area contributed by atoms with Crippen LogP contribution in [-0.4, -0.2) is 37.9 Å². The van der Waals surface area contributed by atoms with Crippen molar-refractivity contribution >= 4 is 10.0 Å². The first-order valence-electron chi connectivity index (χ1n) is 7.10. The van der Waals surface area contributed by atoms with Crippen LogP contribution in [0.4, 0.5) is 8.78 Å². The minimum atomic E-state index is -4.04. The van der Waals surface area contributed by atoms with E-state index in [-0.39, 0.29) is 18.6 Å². The summed E-state index contributed by atoms with van der Waals surface area (Å²) in [5.41, 5.74) is 0. The molecule has 7 heteroatoms. The number of rotatable bonds is 4. The van der Waals surface area contributed by atoms with Crippen LogP contribution in [0.5, 0.6) is 0 Å². The smallest absolute Gasteiger partial charge is 0.246 e. The summed E-state index contributed by atoms with van der Waals surface area (Å²) in [4.78, 5) is -0.585. The number of hydrogen-bond donors (Lipinski definition) is 1. The molecule has 0 saturated carbocycles. The van der Waals surface area contributed by atoms with Gasteiger partial charge in [0.25, 0.3) is 0 Å². The molecule has 118 valence electrons. The van der Waals surface area contributed by atoms with E-state index in [0.717, 1.165) is 24.6 Å². The number of hydrogen-bond acceptors (Lipinski definition) is 3. The summed E-state index contributed by atoms with van der Waals surface area (Å²) >= 11 is 0. The van der Waals surface area contributed by atoms with Crippen molar-refractivity contribution in [2.75, 3.05) is 13.1 Å². The highest BCUT2D eigenvalue weighted by Crippen LogP contribution is 2.25. The Morgan fingerprint density at radius 1 is 1.29 bits per heavy atom. The average molecular weight is 318 g/mol. The zero-order chi connectivity index (χ0) is 15.6. The average Bonchev–Trinajstić information content (AvgIpc) is 2.48. The van der Waals surface area contributed by atoms with Gasteiger partial charge < -0.3 is 5.32 Å². The molecule has 0 radical (unpaired) electrons. The van der Waals surface area contributed by atoms with Gasteiger partial charge in [-0.1, -0.05) is 13.8 Å². The normalized spacial score (nSPS) is 24.2. The molecule has 1 N–H and O–H groups in total. The van der Waals surface area contributed by atoms with Crippen molar-refractivity contribution in [3.8, 4) is 0 Å². The molecule has 4 nitrogen and oxygen atoms in total. The molecule has 1 aromatic carbocycles. The predicted molar refractivity (Wildman–Crippen MR) is 76.4 cm³/mol. The van der Waals surface area contributed by atoms with E-state index < -0.39 is 26.6 Å². The molecule has 2 rings (SSSR count). The summed E-state index contributed by atoms with van der Waals surface area (Å²) in [7, 11) is -4.04. The summed E-state index contributed by atoms with van der Waals surface area (Å²) in [6.45, 7) is 4.62. The Hall–Kier alpha value is -1.05. The molecule has 1 aliphatic rings. The van der Waals surface area contributed by atoms with Gasteiger partial charge in [-0.15, -0.1) is 0 Å². The predicted octanol–water partition coefficient (Wildman–Crippen LogP) is 2.12. The zero-order valence-electron chi connectivity index (χ0n) is 12.1. The van der Waals surface area contributed by atoms with Gasteiger partial charge in [0.15, 0.2) is 0 Å². The Balaban J connectivity index is 2.42. The van der Waals surface area contributed by atoms with Gasteiger partial charge in [-0.25, -0.2) is 17.2 Å². The molecule has 0 amide bonds. The van der Waals surface area contributed by atoms with Crippen molar-refractivity contribution in [2.24, 2.45) is 0 Å². The number of nitrogens with zero attached hydrogens (tertiary/aromatic N) is 1.